The van der Waals surface area contributed by atoms with E-state index in [1.165, 1.54) is 0 Å². The molecule has 0 saturated carbocycles. The van der Waals surface area contributed by atoms with Crippen LogP contribution in [0.4, 0.5) is 0 Å². The molecule has 7 heteroatoms. The van der Waals surface area contributed by atoms with Crippen LogP contribution in [0.5, 0.6) is 11.6 Å². The molecule has 0 N–H and O–H groups in total. The summed E-state index contributed by atoms with van der Waals surface area (Å²) in [4.78, 5) is 0. The topological polar surface area (TPSA) is 70.4 Å². The van der Waals surface area contributed by atoms with Crippen LogP contribution >= 0.6 is 0 Å². The average Bonchev–Trinajstić information content (AvgIpc) is 2.97. The second-order valence-corrected chi connectivity index (χ2v) is 7.80. The quantitative estimate of drug-likeness (QED) is 0.663. The number of methoxy groups -OCH3 is 1. The van der Waals surface area contributed by atoms with E-state index in [9.17, 15) is 8.42 Å². The van der Waals surface area contributed by atoms with E-state index in [-0.39, 0.29) is 17.6 Å². The number of hydrogen-bond donors (Lipinski definition) is 0. The van der Waals surface area contributed by atoms with E-state index < -0.39 is 10.1 Å². The molecule has 0 aliphatic carbocycles. The summed E-state index contributed by atoms with van der Waals surface area (Å²) in [6, 6.07) is 16.8. The van der Waals surface area contributed by atoms with Crippen molar-refractivity contribution >= 4 is 10.1 Å². The van der Waals surface area contributed by atoms with E-state index >= 15 is 0 Å². The van der Waals surface area contributed by atoms with Crippen LogP contribution in [0.2, 0.25) is 0 Å². The number of benzene rings is 2. The van der Waals surface area contributed by atoms with Gasteiger partial charge in [-0.15, -0.1) is 0 Å². The first-order valence-electron chi connectivity index (χ1n) is 8.19. The second kappa shape index (κ2) is 6.17. The molecule has 3 aromatic rings. The van der Waals surface area contributed by atoms with Gasteiger partial charge in [0.15, 0.2) is 0 Å². The first kappa shape index (κ1) is 16.7. The maximum atomic E-state index is 12.4. The summed E-state index contributed by atoms with van der Waals surface area (Å²) in [5, 5.41) is 4.54. The van der Waals surface area contributed by atoms with Crippen LogP contribution in [0.3, 0.4) is 0 Å². The van der Waals surface area contributed by atoms with Gasteiger partial charge in [0, 0.05) is 11.5 Å². The lowest BCUT2D eigenvalue weighted by atomic mass is 9.92. The molecule has 2 heterocycles. The molecule has 1 aliphatic heterocycles. The van der Waals surface area contributed by atoms with Crippen molar-refractivity contribution in [1.82, 2.24) is 9.78 Å². The zero-order valence-electron chi connectivity index (χ0n) is 14.4. The Kier molecular flexibility index (Phi) is 3.96. The van der Waals surface area contributed by atoms with Crippen LogP contribution in [0.1, 0.15) is 22.7 Å². The third kappa shape index (κ3) is 2.84. The molecule has 4 rings (SSSR count). The molecule has 0 amide bonds. The van der Waals surface area contributed by atoms with Crippen LogP contribution < -0.4 is 8.92 Å². The summed E-state index contributed by atoms with van der Waals surface area (Å²) in [6.07, 6.45) is 0. The lowest BCUT2D eigenvalue weighted by Crippen LogP contribution is -2.27. The highest BCUT2D eigenvalue weighted by Gasteiger charge is 2.38. The first-order valence-corrected chi connectivity index (χ1v) is 9.77. The van der Waals surface area contributed by atoms with Gasteiger partial charge in [0.25, 0.3) is 0 Å². The van der Waals surface area contributed by atoms with Gasteiger partial charge in [-0.05, 0) is 36.8 Å². The zero-order chi connectivity index (χ0) is 18.3. The van der Waals surface area contributed by atoms with Crippen molar-refractivity contribution in [3.05, 3.63) is 71.4 Å². The Bertz CT molecular complexity index is 1060. The Morgan fingerprint density at radius 1 is 1.15 bits per heavy atom. The highest BCUT2D eigenvalue weighted by Crippen LogP contribution is 2.41. The van der Waals surface area contributed by atoms with E-state index in [2.05, 4.69) is 5.10 Å². The molecule has 0 saturated heterocycles. The van der Waals surface area contributed by atoms with E-state index in [1.807, 2.05) is 61.5 Å². The minimum Gasteiger partial charge on any atom is -0.497 e. The first-order chi connectivity index (χ1) is 12.5. The molecule has 1 aliphatic rings. The largest absolute Gasteiger partial charge is 0.497 e. The highest BCUT2D eigenvalue weighted by atomic mass is 32.2. The Morgan fingerprint density at radius 3 is 2.65 bits per heavy atom. The van der Waals surface area contributed by atoms with Gasteiger partial charge in [-0.25, -0.2) is 0 Å². The van der Waals surface area contributed by atoms with E-state index in [0.29, 0.717) is 5.75 Å². The lowest BCUT2D eigenvalue weighted by molar-refractivity contribution is 0.413. The van der Waals surface area contributed by atoms with Gasteiger partial charge in [-0.1, -0.05) is 30.3 Å². The van der Waals surface area contributed by atoms with Crippen molar-refractivity contribution in [2.45, 2.75) is 12.8 Å². The Hall–Kier alpha value is -2.80. The molecule has 0 bridgehead atoms. The minimum absolute atomic E-state index is 0.130. The van der Waals surface area contributed by atoms with Gasteiger partial charge in [-0.2, -0.15) is 18.2 Å². The molecular formula is C19H18N2O4S. The molecule has 0 radical (unpaired) electrons. The Labute approximate surface area is 152 Å². The maximum Gasteiger partial charge on any atom is 0.311 e. The summed E-state index contributed by atoms with van der Waals surface area (Å²) in [7, 11) is -2.14. The molecule has 0 fully saturated rings. The molecular weight excluding hydrogens is 352 g/mol. The molecule has 1 unspecified atom stereocenters. The number of aromatic nitrogens is 2. The van der Waals surface area contributed by atoms with Gasteiger partial charge in [0.2, 0.25) is 5.88 Å². The van der Waals surface area contributed by atoms with Crippen LogP contribution in [-0.4, -0.2) is 31.1 Å². The summed E-state index contributed by atoms with van der Waals surface area (Å²) in [6.45, 7) is 1.87. The maximum absolute atomic E-state index is 12.4. The molecule has 1 atom stereocenters. The predicted molar refractivity (Wildman–Crippen MR) is 97.6 cm³/mol. The van der Waals surface area contributed by atoms with Crippen molar-refractivity contribution in [1.29, 1.82) is 0 Å². The van der Waals surface area contributed by atoms with Crippen molar-refractivity contribution in [2.75, 3.05) is 12.9 Å². The van der Waals surface area contributed by atoms with Gasteiger partial charge < -0.3 is 8.92 Å². The summed E-state index contributed by atoms with van der Waals surface area (Å²) >= 11 is 0. The number of rotatable bonds is 3. The number of para-hydroxylation sites is 1. The molecule has 1 aromatic heterocycles. The summed E-state index contributed by atoms with van der Waals surface area (Å²) in [5.41, 5.74) is 3.13. The van der Waals surface area contributed by atoms with Gasteiger partial charge in [0.05, 0.1) is 24.2 Å². The standard InChI is InChI=1S/C19H18N2O4S/c1-13-18-17(14-7-6-10-16(11-14)24-2)12-26(22,23)25-19(18)21(20-13)15-8-4-3-5-9-15/h3-11,17H,12H2,1-2H3. The summed E-state index contributed by atoms with van der Waals surface area (Å²) in [5.74, 6) is 0.444. The van der Waals surface area contributed by atoms with Gasteiger partial charge in [0.1, 0.15) is 5.75 Å². The van der Waals surface area contributed by atoms with E-state index in [0.717, 1.165) is 22.5 Å². The Balaban J connectivity index is 1.92. The normalized spacial score (nSPS) is 18.0. The van der Waals surface area contributed by atoms with Crippen molar-refractivity contribution < 1.29 is 17.3 Å². The number of nitrogens with zero attached hydrogens (tertiary/aromatic N) is 2. The van der Waals surface area contributed by atoms with Crippen LogP contribution in [-0.2, 0) is 10.1 Å². The lowest BCUT2D eigenvalue weighted by Gasteiger charge is -2.24. The predicted octanol–water partition coefficient (Wildman–Crippen LogP) is 3.04. The average molecular weight is 370 g/mol. The molecule has 26 heavy (non-hydrogen) atoms. The number of ether oxygens (including phenoxy) is 1. The van der Waals surface area contributed by atoms with Crippen molar-refractivity contribution in [3.8, 4) is 17.3 Å². The van der Waals surface area contributed by atoms with Gasteiger partial charge >= 0.3 is 10.1 Å². The van der Waals surface area contributed by atoms with Crippen LogP contribution in [0.15, 0.2) is 54.6 Å². The van der Waals surface area contributed by atoms with E-state index in [1.54, 1.807) is 11.8 Å². The number of hydrogen-bond acceptors (Lipinski definition) is 5. The SMILES string of the molecule is COc1cccc(C2CS(=O)(=O)Oc3c2c(C)nn3-c2ccccc2)c1. The minimum atomic E-state index is -3.73. The zero-order valence-corrected chi connectivity index (χ0v) is 15.2. The van der Waals surface area contributed by atoms with Crippen LogP contribution in [0, 0.1) is 6.92 Å². The fraction of sp³-hybridized carbons (Fsp3) is 0.211. The molecule has 2 aromatic carbocycles. The van der Waals surface area contributed by atoms with Crippen molar-refractivity contribution in [2.24, 2.45) is 0 Å². The van der Waals surface area contributed by atoms with Crippen LogP contribution in [0.25, 0.3) is 5.69 Å². The molecule has 6 nitrogen and oxygen atoms in total. The second-order valence-electron chi connectivity index (χ2n) is 6.19. The smallest absolute Gasteiger partial charge is 0.311 e. The molecule has 134 valence electrons. The third-order valence-corrected chi connectivity index (χ3v) is 5.64. The van der Waals surface area contributed by atoms with E-state index in [4.69, 9.17) is 8.92 Å². The monoisotopic (exact) mass is 370 g/mol. The highest BCUT2D eigenvalue weighted by molar-refractivity contribution is 7.87. The fourth-order valence-electron chi connectivity index (χ4n) is 3.31. The summed E-state index contributed by atoms with van der Waals surface area (Å²) < 4.78 is 37.1. The number of aryl methyl sites for hydroxylation is 1. The third-order valence-electron chi connectivity index (χ3n) is 4.48. The van der Waals surface area contributed by atoms with Crippen molar-refractivity contribution in [3.63, 3.8) is 0 Å². The molecule has 0 spiro atoms. The fourth-order valence-corrected chi connectivity index (χ4v) is 4.54. The van der Waals surface area contributed by atoms with Gasteiger partial charge in [-0.3, -0.25) is 0 Å². The number of fused-ring (bicyclic) bond motifs is 1. The Morgan fingerprint density at radius 2 is 1.92 bits per heavy atom.